The van der Waals surface area contributed by atoms with Gasteiger partial charge in [-0.15, -0.1) is 0 Å². The Bertz CT molecular complexity index is 2140. The first-order valence-electron chi connectivity index (χ1n) is 16.1. The van der Waals surface area contributed by atoms with Crippen LogP contribution in [0, 0.1) is 5.82 Å². The molecule has 0 saturated carbocycles. The Kier molecular flexibility index (Phi) is 10.2. The molecule has 54 heavy (non-hydrogen) atoms. The zero-order valence-corrected chi connectivity index (χ0v) is 29.4. The van der Waals surface area contributed by atoms with Gasteiger partial charge in [-0.25, -0.2) is 19.4 Å². The number of nitrogens with zero attached hydrogens (tertiary/aromatic N) is 3. The number of halogens is 7. The Morgan fingerprint density at radius 3 is 1.96 bits per heavy atom. The number of rotatable bonds is 9. The van der Waals surface area contributed by atoms with E-state index in [-0.39, 0.29) is 0 Å². The lowest BCUT2D eigenvalue weighted by atomic mass is 9.77. The lowest BCUT2D eigenvalue weighted by Gasteiger charge is -2.42. The number of nitrogens with one attached hydrogen (secondary N) is 2. The number of aliphatic imine (C=N–C) groups is 1. The van der Waals surface area contributed by atoms with Crippen LogP contribution in [0.5, 0.6) is 11.5 Å². The maximum absolute atomic E-state index is 16.0. The van der Waals surface area contributed by atoms with Crippen molar-refractivity contribution in [3.05, 3.63) is 148 Å². The molecule has 16 heteroatoms. The van der Waals surface area contributed by atoms with Gasteiger partial charge in [0.1, 0.15) is 40.1 Å². The molecule has 0 fully saturated rings. The van der Waals surface area contributed by atoms with E-state index in [4.69, 9.17) is 25.8 Å². The zero-order valence-electron chi connectivity index (χ0n) is 28.6. The van der Waals surface area contributed by atoms with Gasteiger partial charge in [-0.3, -0.25) is 4.79 Å². The molecule has 0 radical (unpaired) electrons. The summed E-state index contributed by atoms with van der Waals surface area (Å²) >= 11 is 5.91. The van der Waals surface area contributed by atoms with Crippen molar-refractivity contribution in [3.63, 3.8) is 0 Å². The Hall–Kier alpha value is -5.83. The molecule has 2 aromatic heterocycles. The van der Waals surface area contributed by atoms with Crippen molar-refractivity contribution in [1.82, 2.24) is 15.3 Å². The number of carbonyl (C=O) groups is 1. The highest BCUT2D eigenvalue weighted by Gasteiger charge is 2.58. The molecule has 3 aromatic carbocycles. The first-order chi connectivity index (χ1) is 25.6. The van der Waals surface area contributed by atoms with Crippen molar-refractivity contribution >= 4 is 29.3 Å². The van der Waals surface area contributed by atoms with Gasteiger partial charge in [-0.1, -0.05) is 66.2 Å². The van der Waals surface area contributed by atoms with Crippen molar-refractivity contribution in [3.8, 4) is 11.5 Å². The standard InChI is InChI=1S/C38H30ClF6N5O4/c1-35(32-29(40)17-18-30(47-32)48-33(51)31-28(39)19-25(20-46-31)38(43,44)45)36(41,42)21-54-34(49-35)50-37(22-7-5-4-6-8-22,23-9-13-26(52-2)14-10-23)24-11-15-27(53-3)16-12-24/h4-20H,21H2,1-3H3,(H,49,50)(H,47,48,51)/t35-/m1/s1. The number of amidine groups is 1. The maximum atomic E-state index is 16.0. The topological polar surface area (TPSA) is 107 Å². The molecule has 0 bridgehead atoms. The fourth-order valence-electron chi connectivity index (χ4n) is 5.94. The van der Waals surface area contributed by atoms with Crippen LogP contribution in [-0.4, -0.2) is 48.6 Å². The van der Waals surface area contributed by atoms with Crippen LogP contribution in [0.1, 0.15) is 45.4 Å². The summed E-state index contributed by atoms with van der Waals surface area (Å²) in [4.78, 5) is 24.8. The van der Waals surface area contributed by atoms with E-state index in [2.05, 4.69) is 25.6 Å². The molecule has 9 nitrogen and oxygen atoms in total. The lowest BCUT2D eigenvalue weighted by molar-refractivity contribution is -0.137. The molecule has 1 atom stereocenters. The average Bonchev–Trinajstić information content (AvgIpc) is 3.16. The molecule has 3 heterocycles. The van der Waals surface area contributed by atoms with Gasteiger partial charge in [0.2, 0.25) is 0 Å². The third-order valence-electron chi connectivity index (χ3n) is 8.91. The second-order valence-corrected chi connectivity index (χ2v) is 12.6. The molecule has 0 saturated heterocycles. The summed E-state index contributed by atoms with van der Waals surface area (Å²) in [5, 5.41) is 4.85. The Balaban J connectivity index is 1.45. The van der Waals surface area contributed by atoms with Crippen molar-refractivity contribution < 1.29 is 45.3 Å². The van der Waals surface area contributed by atoms with Crippen molar-refractivity contribution in [2.24, 2.45) is 4.99 Å². The molecule has 1 aliphatic rings. The van der Waals surface area contributed by atoms with E-state index in [0.29, 0.717) is 40.5 Å². The summed E-state index contributed by atoms with van der Waals surface area (Å²) in [6.45, 7) is -0.290. The van der Waals surface area contributed by atoms with Gasteiger partial charge in [0, 0.05) is 6.20 Å². The highest BCUT2D eigenvalue weighted by atomic mass is 35.5. The van der Waals surface area contributed by atoms with Crippen molar-refractivity contribution in [2.75, 3.05) is 26.1 Å². The van der Waals surface area contributed by atoms with Gasteiger partial charge < -0.3 is 24.8 Å². The van der Waals surface area contributed by atoms with E-state index in [0.717, 1.165) is 19.1 Å². The molecule has 0 aliphatic carbocycles. The number of aromatic nitrogens is 2. The Morgan fingerprint density at radius 1 is 0.852 bits per heavy atom. The lowest BCUT2D eigenvalue weighted by Crippen LogP contribution is -2.56. The van der Waals surface area contributed by atoms with Crippen molar-refractivity contribution in [2.45, 2.75) is 30.1 Å². The number of methoxy groups -OCH3 is 2. The third kappa shape index (κ3) is 7.10. The molecule has 6 rings (SSSR count). The van der Waals surface area contributed by atoms with E-state index in [1.54, 1.807) is 60.7 Å². The smallest absolute Gasteiger partial charge is 0.417 e. The molecule has 1 aliphatic heterocycles. The number of carbonyl (C=O) groups excluding carboxylic acids is 1. The zero-order chi connectivity index (χ0) is 38.9. The molecular weight excluding hydrogens is 740 g/mol. The number of hydrogen-bond donors (Lipinski definition) is 2. The quantitative estimate of drug-likeness (QED) is 0.115. The summed E-state index contributed by atoms with van der Waals surface area (Å²) in [5.41, 5.74) is -4.87. The monoisotopic (exact) mass is 769 g/mol. The Morgan fingerprint density at radius 2 is 1.43 bits per heavy atom. The summed E-state index contributed by atoms with van der Waals surface area (Å²) in [7, 11) is 3.03. The molecular formula is C38H30ClF6N5O4. The van der Waals surface area contributed by atoms with Gasteiger partial charge in [-0.05, 0) is 66.1 Å². The first-order valence-corrected chi connectivity index (χ1v) is 16.4. The highest BCUT2D eigenvalue weighted by Crippen LogP contribution is 2.45. The predicted octanol–water partition coefficient (Wildman–Crippen LogP) is 8.38. The van der Waals surface area contributed by atoms with Crippen molar-refractivity contribution in [1.29, 1.82) is 0 Å². The number of amides is 1. The maximum Gasteiger partial charge on any atom is 0.417 e. The van der Waals surface area contributed by atoms with E-state index in [1.807, 2.05) is 18.2 Å². The van der Waals surface area contributed by atoms with E-state index >= 15 is 13.2 Å². The number of anilines is 1. The normalized spacial score (nSPS) is 16.8. The number of hydrogen-bond acceptors (Lipinski definition) is 8. The molecule has 1 amide bonds. The predicted molar refractivity (Wildman–Crippen MR) is 188 cm³/mol. The molecule has 5 aromatic rings. The van der Waals surface area contributed by atoms with E-state index in [1.165, 1.54) is 14.2 Å². The largest absolute Gasteiger partial charge is 0.497 e. The minimum atomic E-state index is -4.78. The summed E-state index contributed by atoms with van der Waals surface area (Å²) in [6, 6.07) is 25.0. The van der Waals surface area contributed by atoms with Crippen LogP contribution in [0.15, 0.2) is 108 Å². The van der Waals surface area contributed by atoms with Gasteiger partial charge >= 0.3 is 12.1 Å². The van der Waals surface area contributed by atoms with Gasteiger partial charge in [-0.2, -0.15) is 22.0 Å². The summed E-state index contributed by atoms with van der Waals surface area (Å²) in [5.74, 6) is -5.50. The molecule has 280 valence electrons. The van der Waals surface area contributed by atoms with Gasteiger partial charge in [0.05, 0.1) is 24.8 Å². The fourth-order valence-corrected chi connectivity index (χ4v) is 6.19. The van der Waals surface area contributed by atoms with Gasteiger partial charge in [0.15, 0.2) is 12.1 Å². The fraction of sp³-hybridized carbons (Fsp3) is 0.211. The minimum Gasteiger partial charge on any atom is -0.497 e. The first kappa shape index (κ1) is 37.9. The minimum absolute atomic E-state index is 0.393. The van der Waals surface area contributed by atoms with Gasteiger partial charge in [0.25, 0.3) is 11.9 Å². The van der Waals surface area contributed by atoms with Crippen LogP contribution in [0.3, 0.4) is 0 Å². The second kappa shape index (κ2) is 14.5. The molecule has 2 N–H and O–H groups in total. The second-order valence-electron chi connectivity index (χ2n) is 12.2. The number of pyridine rings is 2. The SMILES string of the molecule is COc1ccc(C(NC2=N[C@](C)(c3nc(NC(=O)c4ncc(C(F)(F)F)cc4Cl)ccc3F)C(F)(F)CO2)(c2ccccc2)c2ccc(OC)cc2)cc1. The molecule has 0 spiro atoms. The van der Waals surface area contributed by atoms with Crippen LogP contribution >= 0.6 is 11.6 Å². The summed E-state index contributed by atoms with van der Waals surface area (Å²) < 4.78 is 103. The number of benzene rings is 3. The van der Waals surface area contributed by atoms with Crippen LogP contribution in [0.2, 0.25) is 5.02 Å². The number of ether oxygens (including phenoxy) is 3. The number of alkyl halides is 5. The Labute approximate surface area is 310 Å². The average molecular weight is 770 g/mol. The molecule has 0 unspecified atom stereocenters. The highest BCUT2D eigenvalue weighted by molar-refractivity contribution is 6.34. The van der Waals surface area contributed by atoms with Crippen LogP contribution in [-0.2, 0) is 22.0 Å². The van der Waals surface area contributed by atoms with Crippen LogP contribution < -0.4 is 20.1 Å². The van der Waals surface area contributed by atoms with Crippen LogP contribution in [0.25, 0.3) is 0 Å². The van der Waals surface area contributed by atoms with E-state index in [9.17, 15) is 18.0 Å². The third-order valence-corrected chi connectivity index (χ3v) is 9.20. The van der Waals surface area contributed by atoms with Crippen LogP contribution in [0.4, 0.5) is 32.2 Å². The summed E-state index contributed by atoms with van der Waals surface area (Å²) in [6.07, 6.45) is -4.37. The van der Waals surface area contributed by atoms with E-state index < -0.39 is 75.3 Å².